The van der Waals surface area contributed by atoms with Crippen molar-refractivity contribution in [2.75, 3.05) is 26.4 Å². The third-order valence-corrected chi connectivity index (χ3v) is 20.6. The van der Waals surface area contributed by atoms with Gasteiger partial charge in [0.2, 0.25) is 0 Å². The first kappa shape index (κ1) is 59.8. The molecule has 434 valence electrons. The number of aliphatic hydroxyl groups excluding tert-OH is 12. The lowest BCUT2D eigenvalue weighted by atomic mass is 9.32. The van der Waals surface area contributed by atoms with Gasteiger partial charge in [-0.1, -0.05) is 66.2 Å². The number of carbonyl (C=O) groups excluding carboxylic acids is 2. The minimum atomic E-state index is -1.89. The number of aliphatic hydroxyl groups is 12. The van der Waals surface area contributed by atoms with E-state index >= 15 is 0 Å². The highest BCUT2D eigenvalue weighted by molar-refractivity contribution is 5.87. The number of hydrogen-bond acceptors (Lipinski definition) is 22. The maximum absolute atomic E-state index is 13.3. The van der Waals surface area contributed by atoms with Crippen molar-refractivity contribution >= 4 is 11.9 Å². The molecular formula is C54H86O22. The van der Waals surface area contributed by atoms with Gasteiger partial charge in [0.15, 0.2) is 18.9 Å². The minimum Gasteiger partial charge on any atom is -0.465 e. The maximum Gasteiger partial charge on any atom is 0.333 e. The SMILES string of the molecule is CC=C(C)C(=O)OC1C(O)C2(COC(C)=O)C(CC1(C)C)C1=CCC3C4(C)CCC(OC5OC(COC6OCC(O)C(O)C6O)C(O)C(O)C5OC5OC(CO)C(O)C(O)C5O)C(C)(C)C4CCC3(C)C1(C)C(O)C2O. The summed E-state index contributed by atoms with van der Waals surface area (Å²) in [6, 6.07) is 0. The van der Waals surface area contributed by atoms with E-state index in [4.69, 9.17) is 37.9 Å². The van der Waals surface area contributed by atoms with E-state index in [2.05, 4.69) is 33.8 Å². The molecule has 0 spiro atoms. The van der Waals surface area contributed by atoms with Crippen molar-refractivity contribution in [3.63, 3.8) is 0 Å². The number of fused-ring (bicyclic) bond motifs is 7. The molecule has 7 fully saturated rings. The fourth-order valence-corrected chi connectivity index (χ4v) is 15.8. The minimum absolute atomic E-state index is 0.0645. The fraction of sp³-hybridized carbons (Fsp3) is 0.889. The molecule has 8 rings (SSSR count). The molecule has 5 aliphatic carbocycles. The summed E-state index contributed by atoms with van der Waals surface area (Å²) in [5.74, 6) is -2.03. The van der Waals surface area contributed by atoms with Gasteiger partial charge in [-0.05, 0) is 86.4 Å². The molecule has 0 aromatic heterocycles. The van der Waals surface area contributed by atoms with Crippen molar-refractivity contribution in [2.45, 2.75) is 224 Å². The van der Waals surface area contributed by atoms with E-state index in [1.54, 1.807) is 19.9 Å². The Balaban J connectivity index is 1.09. The monoisotopic (exact) mass is 1090 g/mol. The molecule has 0 bridgehead atoms. The van der Waals surface area contributed by atoms with Gasteiger partial charge in [0.25, 0.3) is 0 Å². The smallest absolute Gasteiger partial charge is 0.333 e. The summed E-state index contributed by atoms with van der Waals surface area (Å²) >= 11 is 0. The van der Waals surface area contributed by atoms with E-state index in [0.717, 1.165) is 5.57 Å². The van der Waals surface area contributed by atoms with Crippen LogP contribution in [0, 0.1) is 50.2 Å². The summed E-state index contributed by atoms with van der Waals surface area (Å²) in [7, 11) is 0. The molecule has 22 heteroatoms. The van der Waals surface area contributed by atoms with Crippen LogP contribution in [0.5, 0.6) is 0 Å². The quantitative estimate of drug-likeness (QED) is 0.0494. The molecule has 0 aromatic rings. The summed E-state index contributed by atoms with van der Waals surface area (Å²) in [5, 5.41) is 135. The van der Waals surface area contributed by atoms with Crippen LogP contribution >= 0.6 is 0 Å². The van der Waals surface area contributed by atoms with Crippen LogP contribution in [0.4, 0.5) is 0 Å². The Morgan fingerprint density at radius 1 is 0.724 bits per heavy atom. The Kier molecular flexibility index (Phi) is 17.0. The first-order chi connectivity index (χ1) is 35.4. The van der Waals surface area contributed by atoms with E-state index in [1.807, 2.05) is 20.8 Å². The van der Waals surface area contributed by atoms with Gasteiger partial charge in [-0.3, -0.25) is 4.79 Å². The Hall–Kier alpha value is -2.30. The predicted molar refractivity (Wildman–Crippen MR) is 262 cm³/mol. The van der Waals surface area contributed by atoms with E-state index in [-0.39, 0.29) is 18.4 Å². The molecule has 0 aromatic carbocycles. The maximum atomic E-state index is 13.3. The average Bonchev–Trinajstić information content (AvgIpc) is 3.48. The highest BCUT2D eigenvalue weighted by atomic mass is 16.8. The van der Waals surface area contributed by atoms with Gasteiger partial charge in [-0.15, -0.1) is 0 Å². The van der Waals surface area contributed by atoms with Crippen LogP contribution in [0.1, 0.15) is 108 Å². The Bertz CT molecular complexity index is 2170. The Labute approximate surface area is 443 Å². The van der Waals surface area contributed by atoms with E-state index < -0.39 is 187 Å². The zero-order valence-corrected chi connectivity index (χ0v) is 45.4. The lowest BCUT2D eigenvalue weighted by molar-refractivity contribution is -0.381. The van der Waals surface area contributed by atoms with Gasteiger partial charge in [0, 0.05) is 23.3 Å². The van der Waals surface area contributed by atoms with Gasteiger partial charge >= 0.3 is 11.9 Å². The van der Waals surface area contributed by atoms with Crippen LogP contribution in [0.25, 0.3) is 0 Å². The van der Waals surface area contributed by atoms with Crippen LogP contribution < -0.4 is 0 Å². The summed E-state index contributed by atoms with van der Waals surface area (Å²) in [6.45, 7) is 16.8. The molecule has 0 radical (unpaired) electrons. The molecule has 3 heterocycles. The van der Waals surface area contributed by atoms with Crippen molar-refractivity contribution in [1.29, 1.82) is 0 Å². The summed E-state index contributed by atoms with van der Waals surface area (Å²) in [6.07, 6.45) is -22.4. The molecule has 3 aliphatic heterocycles. The third kappa shape index (κ3) is 9.45. The van der Waals surface area contributed by atoms with Gasteiger partial charge in [0.1, 0.15) is 86.0 Å². The van der Waals surface area contributed by atoms with Gasteiger partial charge in [0.05, 0.1) is 43.5 Å². The number of allylic oxidation sites excluding steroid dienone is 2. The molecule has 4 saturated carbocycles. The fourth-order valence-electron chi connectivity index (χ4n) is 15.8. The summed E-state index contributed by atoms with van der Waals surface area (Å²) < 4.78 is 47.9. The second-order valence-electron chi connectivity index (χ2n) is 25.3. The molecule has 12 N–H and O–H groups in total. The van der Waals surface area contributed by atoms with Crippen molar-refractivity contribution in [3.05, 3.63) is 23.3 Å². The number of hydrogen-bond donors (Lipinski definition) is 12. The first-order valence-electron chi connectivity index (χ1n) is 27.0. The molecule has 26 atom stereocenters. The lowest BCUT2D eigenvalue weighted by Gasteiger charge is -2.73. The summed E-state index contributed by atoms with van der Waals surface area (Å²) in [4.78, 5) is 25.8. The predicted octanol–water partition coefficient (Wildman–Crippen LogP) is -0.776. The zero-order chi connectivity index (χ0) is 56.2. The molecule has 3 saturated heterocycles. The van der Waals surface area contributed by atoms with Crippen LogP contribution in [-0.4, -0.2) is 216 Å². The normalized spacial score (nSPS) is 51.0. The van der Waals surface area contributed by atoms with Crippen molar-refractivity contribution < 1.29 is 109 Å². The molecule has 76 heavy (non-hydrogen) atoms. The molecular weight excluding hydrogens is 1000 g/mol. The van der Waals surface area contributed by atoms with E-state index in [0.29, 0.717) is 44.1 Å². The van der Waals surface area contributed by atoms with Crippen molar-refractivity contribution in [1.82, 2.24) is 0 Å². The molecule has 26 unspecified atom stereocenters. The number of carbonyl (C=O) groups is 2. The van der Waals surface area contributed by atoms with Gasteiger partial charge < -0.3 is 99.2 Å². The highest BCUT2D eigenvalue weighted by Gasteiger charge is 2.76. The number of ether oxygens (including phenoxy) is 8. The highest BCUT2D eigenvalue weighted by Crippen LogP contribution is 2.76. The topological polar surface area (TPSA) is 351 Å². The Morgan fingerprint density at radius 3 is 2.01 bits per heavy atom. The number of esters is 2. The largest absolute Gasteiger partial charge is 0.465 e. The number of rotatable bonds is 12. The average molecular weight is 1090 g/mol. The lowest BCUT2D eigenvalue weighted by Crippen LogP contribution is -2.76. The molecule has 8 aliphatic rings. The second kappa shape index (κ2) is 21.5. The van der Waals surface area contributed by atoms with E-state index in [9.17, 15) is 70.9 Å². The van der Waals surface area contributed by atoms with E-state index in [1.165, 1.54) is 6.92 Å². The molecule has 0 amide bonds. The summed E-state index contributed by atoms with van der Waals surface area (Å²) in [5.41, 5.74) is -4.15. The standard InChI is InChI=1S/C54H86O22/c1-11-23(2)45(68)76-44-43(67)54(22-71-24(3)56)26(18-49(44,4)5)25-12-13-31-51(8)16-15-32(50(6,7)30(51)14-17-52(31,9)53(25,10)41(65)42(54)66)74-48-40(75-47-39(64)36(61)34(59)28(19-55)72-47)37(62)35(60)29(73-48)21-70-46-38(63)33(58)27(57)20-69-46/h11-12,26-44,46-48,55,57-67H,13-22H2,1-10H3. The van der Waals surface area contributed by atoms with Crippen LogP contribution in [-0.2, 0) is 47.5 Å². The first-order valence-corrected chi connectivity index (χ1v) is 27.0. The van der Waals surface area contributed by atoms with Crippen molar-refractivity contribution in [2.24, 2.45) is 50.2 Å². The van der Waals surface area contributed by atoms with Crippen molar-refractivity contribution in [3.8, 4) is 0 Å². The van der Waals surface area contributed by atoms with Crippen LogP contribution in [0.2, 0.25) is 0 Å². The Morgan fingerprint density at radius 2 is 1.37 bits per heavy atom. The van der Waals surface area contributed by atoms with Crippen LogP contribution in [0.15, 0.2) is 23.3 Å². The molecule has 22 nitrogen and oxygen atoms in total. The van der Waals surface area contributed by atoms with Gasteiger partial charge in [-0.25, -0.2) is 4.79 Å². The van der Waals surface area contributed by atoms with Gasteiger partial charge in [-0.2, -0.15) is 0 Å². The second-order valence-corrected chi connectivity index (χ2v) is 25.3. The van der Waals surface area contributed by atoms with Crippen LogP contribution in [0.3, 0.4) is 0 Å². The zero-order valence-electron chi connectivity index (χ0n) is 45.4. The third-order valence-electron chi connectivity index (χ3n) is 20.6.